The first-order valence-electron chi connectivity index (χ1n) is 5.09. The molecule has 0 saturated carbocycles. The molecule has 15 heavy (non-hydrogen) atoms. The molecule has 1 aromatic carbocycles. The van der Waals surface area contributed by atoms with Crippen LogP contribution in [0.5, 0.6) is 0 Å². The minimum absolute atomic E-state index is 0.883. The number of rotatable bonds is 6. The maximum absolute atomic E-state index is 5.40. The smallest absolute Gasteiger partial charge is 0.336 e. The fourth-order valence-corrected chi connectivity index (χ4v) is 2.43. The van der Waals surface area contributed by atoms with Crippen LogP contribution in [0.4, 0.5) is 5.69 Å². The highest BCUT2D eigenvalue weighted by Crippen LogP contribution is 2.12. The van der Waals surface area contributed by atoms with Crippen LogP contribution in [0.2, 0.25) is 12.6 Å². The lowest BCUT2D eigenvalue weighted by Crippen LogP contribution is -2.37. The van der Waals surface area contributed by atoms with Gasteiger partial charge in [0.2, 0.25) is 0 Å². The van der Waals surface area contributed by atoms with Crippen LogP contribution in [-0.4, -0.2) is 29.3 Å². The maximum atomic E-state index is 5.40. The van der Waals surface area contributed by atoms with Gasteiger partial charge in [-0.2, -0.15) is 0 Å². The van der Waals surface area contributed by atoms with E-state index in [0.717, 1.165) is 18.3 Å². The minimum Gasteiger partial charge on any atom is -0.398 e. The second kappa shape index (κ2) is 5.90. The lowest BCUT2D eigenvalue weighted by Gasteiger charge is -2.22. The summed E-state index contributed by atoms with van der Waals surface area (Å²) in [4.78, 5) is 0. The van der Waals surface area contributed by atoms with Crippen LogP contribution < -0.4 is 5.32 Å². The van der Waals surface area contributed by atoms with Crippen LogP contribution in [0.15, 0.2) is 30.3 Å². The molecule has 0 saturated heterocycles. The van der Waals surface area contributed by atoms with Crippen LogP contribution in [-0.2, 0) is 8.85 Å². The molecule has 0 radical (unpaired) electrons. The van der Waals surface area contributed by atoms with Crippen molar-refractivity contribution in [2.45, 2.75) is 12.6 Å². The summed E-state index contributed by atoms with van der Waals surface area (Å²) in [5.41, 5.74) is 1.14. The average Bonchev–Trinajstić information content (AvgIpc) is 2.30. The van der Waals surface area contributed by atoms with Gasteiger partial charge in [0.25, 0.3) is 0 Å². The van der Waals surface area contributed by atoms with Crippen LogP contribution in [0.3, 0.4) is 0 Å². The lowest BCUT2D eigenvalue weighted by molar-refractivity contribution is 0.250. The average molecular weight is 225 g/mol. The first kappa shape index (κ1) is 12.2. The van der Waals surface area contributed by atoms with E-state index in [1.165, 1.54) is 0 Å². The minimum atomic E-state index is -1.91. The number of hydrogen-bond donors (Lipinski definition) is 1. The molecule has 0 heterocycles. The van der Waals surface area contributed by atoms with Gasteiger partial charge in [-0.1, -0.05) is 18.2 Å². The topological polar surface area (TPSA) is 30.5 Å². The molecule has 0 fully saturated rings. The number of para-hydroxylation sites is 1. The Morgan fingerprint density at radius 3 is 2.27 bits per heavy atom. The maximum Gasteiger partial charge on any atom is 0.336 e. The molecule has 0 bridgehead atoms. The summed E-state index contributed by atoms with van der Waals surface area (Å²) in [6.45, 7) is 2.95. The molecule has 1 N–H and O–H groups in total. The molecule has 0 aromatic heterocycles. The van der Waals surface area contributed by atoms with Crippen LogP contribution >= 0.6 is 0 Å². The van der Waals surface area contributed by atoms with Gasteiger partial charge in [0, 0.05) is 32.5 Å². The predicted molar refractivity (Wildman–Crippen MR) is 65.4 cm³/mol. The van der Waals surface area contributed by atoms with E-state index in [4.69, 9.17) is 8.85 Å². The summed E-state index contributed by atoms with van der Waals surface area (Å²) in [6.07, 6.45) is 0. The van der Waals surface area contributed by atoms with E-state index < -0.39 is 8.56 Å². The highest BCUT2D eigenvalue weighted by molar-refractivity contribution is 6.66. The zero-order chi connectivity index (χ0) is 11.1. The highest BCUT2D eigenvalue weighted by Gasteiger charge is 2.27. The van der Waals surface area contributed by atoms with Crippen molar-refractivity contribution >= 4 is 14.2 Å². The zero-order valence-corrected chi connectivity index (χ0v) is 10.6. The Morgan fingerprint density at radius 1 is 1.13 bits per heavy atom. The van der Waals surface area contributed by atoms with Crippen molar-refractivity contribution in [2.75, 3.05) is 26.1 Å². The number of nitrogens with one attached hydrogen (secondary N) is 1. The number of hydrogen-bond acceptors (Lipinski definition) is 3. The SMILES string of the molecule is CO[Si](C)(CCNc1ccccc1)OC. The van der Waals surface area contributed by atoms with Crippen molar-refractivity contribution in [3.05, 3.63) is 30.3 Å². The van der Waals surface area contributed by atoms with Crippen molar-refractivity contribution in [3.8, 4) is 0 Å². The Labute approximate surface area is 92.7 Å². The van der Waals surface area contributed by atoms with Gasteiger partial charge in [0.05, 0.1) is 0 Å². The highest BCUT2D eigenvalue weighted by atomic mass is 28.4. The molecule has 3 nitrogen and oxygen atoms in total. The summed E-state index contributed by atoms with van der Waals surface area (Å²) < 4.78 is 10.8. The van der Waals surface area contributed by atoms with E-state index in [1.807, 2.05) is 18.2 Å². The Balaban J connectivity index is 2.33. The summed E-state index contributed by atoms with van der Waals surface area (Å²) in [5, 5.41) is 3.34. The van der Waals surface area contributed by atoms with E-state index in [2.05, 4.69) is 24.0 Å². The van der Waals surface area contributed by atoms with Gasteiger partial charge >= 0.3 is 8.56 Å². The van der Waals surface area contributed by atoms with Crippen molar-refractivity contribution in [2.24, 2.45) is 0 Å². The Kier molecular flexibility index (Phi) is 4.81. The van der Waals surface area contributed by atoms with E-state index >= 15 is 0 Å². The molecular formula is C11H19NO2Si. The molecular weight excluding hydrogens is 206 g/mol. The third-order valence-electron chi connectivity index (χ3n) is 2.55. The van der Waals surface area contributed by atoms with Gasteiger partial charge in [-0.25, -0.2) is 0 Å². The molecule has 0 aliphatic carbocycles. The van der Waals surface area contributed by atoms with Gasteiger partial charge in [-0.3, -0.25) is 0 Å². The third-order valence-corrected chi connectivity index (χ3v) is 5.43. The summed E-state index contributed by atoms with van der Waals surface area (Å²) >= 11 is 0. The van der Waals surface area contributed by atoms with E-state index in [9.17, 15) is 0 Å². The standard InChI is InChI=1S/C11H19NO2Si/c1-13-15(3,14-2)10-9-12-11-7-5-4-6-8-11/h4-8,12H,9-10H2,1-3H3. The second-order valence-electron chi connectivity index (χ2n) is 3.58. The van der Waals surface area contributed by atoms with Crippen molar-refractivity contribution in [1.29, 1.82) is 0 Å². The number of benzene rings is 1. The Bertz CT molecular complexity index is 275. The number of anilines is 1. The van der Waals surface area contributed by atoms with Gasteiger partial charge in [-0.15, -0.1) is 0 Å². The summed E-state index contributed by atoms with van der Waals surface area (Å²) in [5.74, 6) is 0. The normalized spacial score (nSPS) is 11.4. The van der Waals surface area contributed by atoms with Gasteiger partial charge < -0.3 is 14.2 Å². The molecule has 4 heteroatoms. The first-order valence-corrected chi connectivity index (χ1v) is 7.62. The first-order chi connectivity index (χ1) is 7.20. The molecule has 0 aliphatic rings. The van der Waals surface area contributed by atoms with E-state index in [0.29, 0.717) is 0 Å². The molecule has 1 rings (SSSR count). The van der Waals surface area contributed by atoms with Gasteiger partial charge in [0.1, 0.15) is 0 Å². The third kappa shape index (κ3) is 4.03. The van der Waals surface area contributed by atoms with E-state index in [1.54, 1.807) is 14.2 Å². The van der Waals surface area contributed by atoms with Crippen molar-refractivity contribution in [3.63, 3.8) is 0 Å². The molecule has 0 unspecified atom stereocenters. The summed E-state index contributed by atoms with van der Waals surface area (Å²) in [6, 6.07) is 11.1. The van der Waals surface area contributed by atoms with Crippen molar-refractivity contribution < 1.29 is 8.85 Å². The van der Waals surface area contributed by atoms with Crippen LogP contribution in [0, 0.1) is 0 Å². The van der Waals surface area contributed by atoms with Gasteiger partial charge in [-0.05, 0) is 18.7 Å². The molecule has 0 aliphatic heterocycles. The molecule has 1 aromatic rings. The fraction of sp³-hybridized carbons (Fsp3) is 0.455. The van der Waals surface area contributed by atoms with Crippen molar-refractivity contribution in [1.82, 2.24) is 0 Å². The van der Waals surface area contributed by atoms with E-state index in [-0.39, 0.29) is 0 Å². The quantitative estimate of drug-likeness (QED) is 0.754. The zero-order valence-electron chi connectivity index (χ0n) is 9.62. The molecule has 0 amide bonds. The molecule has 0 atom stereocenters. The van der Waals surface area contributed by atoms with Gasteiger partial charge in [0.15, 0.2) is 0 Å². The Hall–Kier alpha value is -0.843. The molecule has 84 valence electrons. The second-order valence-corrected chi connectivity index (χ2v) is 7.17. The lowest BCUT2D eigenvalue weighted by atomic mass is 10.3. The van der Waals surface area contributed by atoms with Crippen LogP contribution in [0.1, 0.15) is 0 Å². The Morgan fingerprint density at radius 2 is 1.73 bits per heavy atom. The van der Waals surface area contributed by atoms with Crippen LogP contribution in [0.25, 0.3) is 0 Å². The summed E-state index contributed by atoms with van der Waals surface area (Å²) in [7, 11) is 1.53. The predicted octanol–water partition coefficient (Wildman–Crippen LogP) is 2.46. The fourth-order valence-electron chi connectivity index (χ4n) is 1.28. The monoisotopic (exact) mass is 225 g/mol. The molecule has 0 spiro atoms. The largest absolute Gasteiger partial charge is 0.398 e.